The monoisotopic (exact) mass is 556 g/mol. The Labute approximate surface area is 228 Å². The third kappa shape index (κ3) is 12.3. The number of nitrogens with two attached hydrogens (primary N) is 2. The van der Waals surface area contributed by atoms with Gasteiger partial charge in [-0.25, -0.2) is 0 Å². The summed E-state index contributed by atoms with van der Waals surface area (Å²) in [7, 11) is 0. The van der Waals surface area contributed by atoms with Crippen molar-refractivity contribution in [1.29, 1.82) is 5.41 Å². The van der Waals surface area contributed by atoms with Crippen LogP contribution >= 0.6 is 23.2 Å². The molecule has 0 aliphatic rings. The first kappa shape index (κ1) is 32.2. The van der Waals surface area contributed by atoms with E-state index in [-0.39, 0.29) is 51.5 Å². The summed E-state index contributed by atoms with van der Waals surface area (Å²) in [5.41, 5.74) is 11.7. The van der Waals surface area contributed by atoms with Gasteiger partial charge in [0.05, 0.1) is 11.1 Å². The second-order valence-corrected chi connectivity index (χ2v) is 9.21. The quantitative estimate of drug-likeness (QED) is 0.0529. The van der Waals surface area contributed by atoms with Gasteiger partial charge in [-0.2, -0.15) is 0 Å². The van der Waals surface area contributed by atoms with Crippen molar-refractivity contribution < 1.29 is 19.1 Å². The van der Waals surface area contributed by atoms with Crippen LogP contribution in [0.4, 0.5) is 0 Å². The zero-order chi connectivity index (χ0) is 27.8. The number of ether oxygens (including phenoxy) is 1. The van der Waals surface area contributed by atoms with Crippen LogP contribution in [-0.4, -0.2) is 55.8 Å². The summed E-state index contributed by atoms with van der Waals surface area (Å²) in [6.07, 6.45) is 5.04. The number of allylic oxidation sites excluding steroid dienone is 1. The number of halogens is 2. The third-order valence-electron chi connectivity index (χ3n) is 5.47. The number of hydrogen-bond acceptors (Lipinski definition) is 6. The SMILES string of the molecule is C=C(CC)C(=O)c1ccc(OCC(=O)NCCCCCCNC(=O)C(N)CCCNC(=N)N)c(Cl)c1Cl. The largest absolute Gasteiger partial charge is 0.482 e. The summed E-state index contributed by atoms with van der Waals surface area (Å²) >= 11 is 12.4. The van der Waals surface area contributed by atoms with Gasteiger partial charge in [-0.1, -0.05) is 49.5 Å². The summed E-state index contributed by atoms with van der Waals surface area (Å²) in [6, 6.07) is 2.43. The van der Waals surface area contributed by atoms with E-state index in [0.717, 1.165) is 25.7 Å². The average molecular weight is 558 g/mol. The minimum Gasteiger partial charge on any atom is -0.482 e. The van der Waals surface area contributed by atoms with Crippen molar-refractivity contribution in [2.45, 2.75) is 57.9 Å². The van der Waals surface area contributed by atoms with Gasteiger partial charge in [-0.3, -0.25) is 19.8 Å². The highest BCUT2D eigenvalue weighted by molar-refractivity contribution is 6.45. The van der Waals surface area contributed by atoms with Gasteiger partial charge in [0.2, 0.25) is 5.91 Å². The summed E-state index contributed by atoms with van der Waals surface area (Å²) in [5, 5.41) is 15.5. The van der Waals surface area contributed by atoms with Crippen LogP contribution in [0.15, 0.2) is 24.3 Å². The Bertz CT molecular complexity index is 957. The zero-order valence-corrected chi connectivity index (χ0v) is 22.8. The molecule has 1 rings (SSSR count). The molecule has 0 aliphatic carbocycles. The van der Waals surface area contributed by atoms with Crippen molar-refractivity contribution in [2.24, 2.45) is 11.5 Å². The third-order valence-corrected chi connectivity index (χ3v) is 6.33. The summed E-state index contributed by atoms with van der Waals surface area (Å²) < 4.78 is 5.46. The van der Waals surface area contributed by atoms with Gasteiger partial charge in [-0.15, -0.1) is 0 Å². The maximum absolute atomic E-state index is 12.3. The molecule has 0 bridgehead atoms. The van der Waals surface area contributed by atoms with Crippen LogP contribution in [0.3, 0.4) is 0 Å². The number of hydrogen-bond donors (Lipinski definition) is 6. The van der Waals surface area contributed by atoms with Crippen molar-refractivity contribution >= 4 is 46.8 Å². The molecule has 1 atom stereocenters. The van der Waals surface area contributed by atoms with Crippen molar-refractivity contribution in [3.05, 3.63) is 39.9 Å². The molecule has 206 valence electrons. The lowest BCUT2D eigenvalue weighted by Gasteiger charge is -2.13. The molecule has 0 spiro atoms. The van der Waals surface area contributed by atoms with Crippen LogP contribution in [0, 0.1) is 5.41 Å². The first-order valence-electron chi connectivity index (χ1n) is 12.3. The Hall–Kier alpha value is -2.82. The molecular weight excluding hydrogens is 519 g/mol. The second kappa shape index (κ2) is 17.6. The van der Waals surface area contributed by atoms with Gasteiger partial charge in [0.15, 0.2) is 18.3 Å². The van der Waals surface area contributed by atoms with Crippen LogP contribution < -0.4 is 32.2 Å². The molecule has 1 aromatic carbocycles. The fraction of sp³-hybridized carbons (Fsp3) is 0.520. The highest BCUT2D eigenvalue weighted by Gasteiger charge is 2.18. The number of rotatable bonds is 18. The van der Waals surface area contributed by atoms with Gasteiger partial charge in [0, 0.05) is 25.2 Å². The number of benzene rings is 1. The molecule has 0 aliphatic heterocycles. The lowest BCUT2D eigenvalue weighted by atomic mass is 10.0. The Morgan fingerprint density at radius 1 is 1.00 bits per heavy atom. The first-order chi connectivity index (χ1) is 17.6. The Balaban J connectivity index is 2.18. The van der Waals surface area contributed by atoms with E-state index < -0.39 is 6.04 Å². The molecule has 0 saturated carbocycles. The fourth-order valence-electron chi connectivity index (χ4n) is 3.21. The predicted molar refractivity (Wildman–Crippen MR) is 147 cm³/mol. The number of guanidine groups is 1. The summed E-state index contributed by atoms with van der Waals surface area (Å²) in [5.74, 6) is -0.651. The van der Waals surface area contributed by atoms with Crippen molar-refractivity contribution in [1.82, 2.24) is 16.0 Å². The highest BCUT2D eigenvalue weighted by Crippen LogP contribution is 2.35. The zero-order valence-electron chi connectivity index (χ0n) is 21.3. The van der Waals surface area contributed by atoms with Gasteiger partial charge in [-0.05, 0) is 49.8 Å². The van der Waals surface area contributed by atoms with Crippen molar-refractivity contribution in [2.75, 3.05) is 26.2 Å². The summed E-state index contributed by atoms with van der Waals surface area (Å²) in [6.45, 7) is 6.85. The van der Waals surface area contributed by atoms with Gasteiger partial charge < -0.3 is 32.2 Å². The van der Waals surface area contributed by atoms with E-state index in [1.54, 1.807) is 0 Å². The number of carbonyl (C=O) groups is 3. The fourth-order valence-corrected chi connectivity index (χ4v) is 3.68. The molecule has 8 N–H and O–H groups in total. The predicted octanol–water partition coefficient (Wildman–Crippen LogP) is 2.90. The first-order valence-corrected chi connectivity index (χ1v) is 13.0. The van der Waals surface area contributed by atoms with Crippen molar-refractivity contribution in [3.8, 4) is 5.75 Å². The van der Waals surface area contributed by atoms with E-state index in [1.807, 2.05) is 6.92 Å². The molecule has 37 heavy (non-hydrogen) atoms. The second-order valence-electron chi connectivity index (χ2n) is 8.46. The topological polar surface area (TPSA) is 172 Å². The van der Waals surface area contributed by atoms with Crippen LogP contribution in [0.5, 0.6) is 5.75 Å². The molecule has 1 unspecified atom stereocenters. The highest BCUT2D eigenvalue weighted by atomic mass is 35.5. The number of nitrogens with one attached hydrogen (secondary N) is 4. The maximum Gasteiger partial charge on any atom is 0.257 e. The molecule has 2 amide bonds. The van der Waals surface area contributed by atoms with Crippen LogP contribution in [0.1, 0.15) is 62.2 Å². The van der Waals surface area contributed by atoms with E-state index in [9.17, 15) is 14.4 Å². The summed E-state index contributed by atoms with van der Waals surface area (Å²) in [4.78, 5) is 36.3. The molecule has 0 saturated heterocycles. The molecule has 12 heteroatoms. The number of ketones is 1. The van der Waals surface area contributed by atoms with E-state index in [0.29, 0.717) is 44.5 Å². The molecule has 1 aromatic rings. The minimum absolute atomic E-state index is 0.0688. The number of amides is 2. The van der Waals surface area contributed by atoms with Crippen LogP contribution in [0.25, 0.3) is 0 Å². The molecule has 0 radical (unpaired) electrons. The average Bonchev–Trinajstić information content (AvgIpc) is 2.87. The van der Waals surface area contributed by atoms with Gasteiger partial charge in [0.1, 0.15) is 10.8 Å². The Morgan fingerprint density at radius 3 is 2.24 bits per heavy atom. The number of carbonyl (C=O) groups excluding carboxylic acids is 3. The molecular formula is C25H38Cl2N6O4. The number of Topliss-reactive ketones (excluding diaryl/α,β-unsaturated/α-hetero) is 1. The van der Waals surface area contributed by atoms with Gasteiger partial charge >= 0.3 is 0 Å². The normalized spacial score (nSPS) is 11.4. The van der Waals surface area contributed by atoms with E-state index in [2.05, 4.69) is 22.5 Å². The van der Waals surface area contributed by atoms with Crippen molar-refractivity contribution in [3.63, 3.8) is 0 Å². The standard InChI is InChI=1S/C25H38Cl2N6O4/c1-3-16(2)23(35)17-10-11-19(22(27)21(17)26)37-15-20(34)31-12-6-4-5-7-13-32-24(36)18(28)9-8-14-33-25(29)30/h10-11,18H,2-9,12-15,28H2,1H3,(H,31,34)(H,32,36)(H4,29,30,33). The van der Waals surface area contributed by atoms with E-state index in [1.165, 1.54) is 12.1 Å². The molecule has 0 aromatic heterocycles. The molecule has 0 heterocycles. The molecule has 0 fully saturated rings. The Morgan fingerprint density at radius 2 is 1.62 bits per heavy atom. The smallest absolute Gasteiger partial charge is 0.257 e. The molecule has 10 nitrogen and oxygen atoms in total. The van der Waals surface area contributed by atoms with Gasteiger partial charge in [0.25, 0.3) is 5.91 Å². The van der Waals surface area contributed by atoms with Crippen LogP contribution in [0.2, 0.25) is 10.0 Å². The van der Waals surface area contributed by atoms with Crippen LogP contribution in [-0.2, 0) is 9.59 Å². The van der Waals surface area contributed by atoms with E-state index >= 15 is 0 Å². The lowest BCUT2D eigenvalue weighted by molar-refractivity contribution is -0.123. The lowest BCUT2D eigenvalue weighted by Crippen LogP contribution is -2.41. The Kier molecular flexibility index (Phi) is 15.3. The minimum atomic E-state index is -0.585. The maximum atomic E-state index is 12.3. The number of unbranched alkanes of at least 4 members (excludes halogenated alkanes) is 3. The van der Waals surface area contributed by atoms with E-state index in [4.69, 9.17) is 44.8 Å².